The van der Waals surface area contributed by atoms with Crippen molar-refractivity contribution in [3.05, 3.63) is 29.8 Å². The lowest BCUT2D eigenvalue weighted by atomic mass is 9.74. The third kappa shape index (κ3) is 3.61. The Bertz CT molecular complexity index is 627. The van der Waals surface area contributed by atoms with Crippen LogP contribution >= 0.6 is 0 Å². The Morgan fingerprint density at radius 1 is 1.38 bits per heavy atom. The van der Waals surface area contributed by atoms with E-state index >= 15 is 0 Å². The molecule has 2 aliphatic rings. The summed E-state index contributed by atoms with van der Waals surface area (Å²) in [5.41, 5.74) is 7.83. The number of carbonyl (C=O) groups excluding carboxylic acids is 2. The molecule has 3 rings (SSSR count). The zero-order chi connectivity index (χ0) is 17.2. The molecule has 1 saturated carbocycles. The molecule has 1 aliphatic carbocycles. The molecule has 1 aliphatic heterocycles. The molecule has 0 spiro atoms. The molecule has 130 valence electrons. The number of rotatable bonds is 4. The standard InChI is InChI=1S/C19H27N3O2/c1-19(20)10-3-2-8-16(19)18(24)21-13-14-6-4-7-15(12-14)22-11-5-9-17(22)23/h4,6-7,12,16H,2-3,5,8-11,13,20H2,1H3,(H,21,24). The molecule has 1 saturated heterocycles. The summed E-state index contributed by atoms with van der Waals surface area (Å²) < 4.78 is 0. The third-order valence-corrected chi connectivity index (χ3v) is 5.33. The van der Waals surface area contributed by atoms with Crippen molar-refractivity contribution in [3.63, 3.8) is 0 Å². The highest BCUT2D eigenvalue weighted by molar-refractivity contribution is 5.95. The van der Waals surface area contributed by atoms with Crippen molar-refractivity contribution in [3.8, 4) is 0 Å². The number of nitrogens with one attached hydrogen (secondary N) is 1. The van der Waals surface area contributed by atoms with E-state index in [4.69, 9.17) is 5.73 Å². The molecule has 2 unspecified atom stereocenters. The molecule has 2 amide bonds. The minimum atomic E-state index is -0.411. The maximum atomic E-state index is 12.5. The van der Waals surface area contributed by atoms with Crippen molar-refractivity contribution in [2.45, 2.75) is 57.5 Å². The second-order valence-corrected chi connectivity index (χ2v) is 7.34. The number of nitrogens with two attached hydrogens (primary N) is 1. The van der Waals surface area contributed by atoms with E-state index in [-0.39, 0.29) is 17.7 Å². The van der Waals surface area contributed by atoms with E-state index in [1.807, 2.05) is 36.1 Å². The molecule has 5 nitrogen and oxygen atoms in total. The summed E-state index contributed by atoms with van der Waals surface area (Å²) >= 11 is 0. The molecular weight excluding hydrogens is 302 g/mol. The van der Waals surface area contributed by atoms with Crippen molar-refractivity contribution in [1.82, 2.24) is 5.32 Å². The first-order chi connectivity index (χ1) is 11.5. The fourth-order valence-electron chi connectivity index (χ4n) is 3.86. The van der Waals surface area contributed by atoms with Gasteiger partial charge in [0.25, 0.3) is 0 Å². The average molecular weight is 329 g/mol. The summed E-state index contributed by atoms with van der Waals surface area (Å²) in [6, 6.07) is 7.86. The summed E-state index contributed by atoms with van der Waals surface area (Å²) in [6.45, 7) is 3.24. The van der Waals surface area contributed by atoms with E-state index in [1.165, 1.54) is 0 Å². The average Bonchev–Trinajstić information content (AvgIpc) is 2.98. The predicted octanol–water partition coefficient (Wildman–Crippen LogP) is 2.34. The number of amides is 2. The minimum absolute atomic E-state index is 0.0438. The van der Waals surface area contributed by atoms with Gasteiger partial charge in [-0.3, -0.25) is 9.59 Å². The van der Waals surface area contributed by atoms with Gasteiger partial charge in [0.15, 0.2) is 0 Å². The summed E-state index contributed by atoms with van der Waals surface area (Å²) in [7, 11) is 0. The van der Waals surface area contributed by atoms with Crippen LogP contribution in [-0.4, -0.2) is 23.9 Å². The third-order valence-electron chi connectivity index (χ3n) is 5.33. The van der Waals surface area contributed by atoms with E-state index in [0.29, 0.717) is 13.0 Å². The monoisotopic (exact) mass is 329 g/mol. The Morgan fingerprint density at radius 2 is 2.21 bits per heavy atom. The number of benzene rings is 1. The number of nitrogens with zero attached hydrogens (tertiary/aromatic N) is 1. The number of hydrogen-bond donors (Lipinski definition) is 2. The molecule has 3 N–H and O–H groups in total. The normalized spacial score (nSPS) is 27.3. The molecule has 1 heterocycles. The van der Waals surface area contributed by atoms with Crippen molar-refractivity contribution < 1.29 is 9.59 Å². The number of anilines is 1. The SMILES string of the molecule is CC1(N)CCCCC1C(=O)NCc1cccc(N2CCCC2=O)c1. The highest BCUT2D eigenvalue weighted by Crippen LogP contribution is 2.31. The van der Waals surface area contributed by atoms with Gasteiger partial charge in [-0.15, -0.1) is 0 Å². The lowest BCUT2D eigenvalue weighted by molar-refractivity contribution is -0.128. The van der Waals surface area contributed by atoms with Crippen LogP contribution in [0.3, 0.4) is 0 Å². The van der Waals surface area contributed by atoms with Crippen molar-refractivity contribution in [2.75, 3.05) is 11.4 Å². The van der Waals surface area contributed by atoms with E-state index in [2.05, 4.69) is 5.32 Å². The Labute approximate surface area is 143 Å². The zero-order valence-electron chi connectivity index (χ0n) is 14.4. The first-order valence-electron chi connectivity index (χ1n) is 8.93. The van der Waals surface area contributed by atoms with Crippen LogP contribution in [0.15, 0.2) is 24.3 Å². The minimum Gasteiger partial charge on any atom is -0.352 e. The molecule has 2 fully saturated rings. The first-order valence-corrected chi connectivity index (χ1v) is 8.93. The molecule has 2 atom stereocenters. The van der Waals surface area contributed by atoms with Gasteiger partial charge in [0, 0.05) is 30.7 Å². The molecule has 0 radical (unpaired) electrons. The zero-order valence-corrected chi connectivity index (χ0v) is 14.4. The molecule has 5 heteroatoms. The van der Waals surface area contributed by atoms with Crippen molar-refractivity contribution >= 4 is 17.5 Å². The van der Waals surface area contributed by atoms with Gasteiger partial charge in [0.05, 0.1) is 5.92 Å². The second kappa shape index (κ2) is 6.93. The summed E-state index contributed by atoms with van der Waals surface area (Å²) in [5.74, 6) is 0.106. The van der Waals surface area contributed by atoms with Crippen LogP contribution in [0.2, 0.25) is 0 Å². The Morgan fingerprint density at radius 3 is 2.92 bits per heavy atom. The summed E-state index contributed by atoms with van der Waals surface area (Å²) in [5, 5.41) is 3.03. The van der Waals surface area contributed by atoms with Crippen LogP contribution in [0.4, 0.5) is 5.69 Å². The molecular formula is C19H27N3O2. The largest absolute Gasteiger partial charge is 0.352 e. The van der Waals surface area contributed by atoms with Crippen molar-refractivity contribution in [1.29, 1.82) is 0 Å². The van der Waals surface area contributed by atoms with E-state index < -0.39 is 5.54 Å². The maximum Gasteiger partial charge on any atom is 0.227 e. The number of carbonyl (C=O) groups is 2. The summed E-state index contributed by atoms with van der Waals surface area (Å²) in [4.78, 5) is 26.2. The topological polar surface area (TPSA) is 75.4 Å². The predicted molar refractivity (Wildman–Crippen MR) is 94.4 cm³/mol. The van der Waals surface area contributed by atoms with Gasteiger partial charge in [0.2, 0.25) is 11.8 Å². The van der Waals surface area contributed by atoms with Crippen LogP contribution in [0, 0.1) is 5.92 Å². The van der Waals surface area contributed by atoms with E-state index in [0.717, 1.165) is 49.9 Å². The van der Waals surface area contributed by atoms with Crippen LogP contribution in [0.25, 0.3) is 0 Å². The van der Waals surface area contributed by atoms with Gasteiger partial charge in [0.1, 0.15) is 0 Å². The fraction of sp³-hybridized carbons (Fsp3) is 0.579. The highest BCUT2D eigenvalue weighted by atomic mass is 16.2. The van der Waals surface area contributed by atoms with E-state index in [9.17, 15) is 9.59 Å². The quantitative estimate of drug-likeness (QED) is 0.890. The van der Waals surface area contributed by atoms with Crippen LogP contribution < -0.4 is 16.0 Å². The molecule has 0 bridgehead atoms. The maximum absolute atomic E-state index is 12.5. The van der Waals surface area contributed by atoms with Gasteiger partial charge in [-0.25, -0.2) is 0 Å². The van der Waals surface area contributed by atoms with Gasteiger partial charge < -0.3 is 16.0 Å². The lowest BCUT2D eigenvalue weighted by Crippen LogP contribution is -2.52. The van der Waals surface area contributed by atoms with Gasteiger partial charge in [-0.05, 0) is 43.9 Å². The van der Waals surface area contributed by atoms with Gasteiger partial charge in [-0.1, -0.05) is 25.0 Å². The van der Waals surface area contributed by atoms with Crippen molar-refractivity contribution in [2.24, 2.45) is 11.7 Å². The lowest BCUT2D eigenvalue weighted by Gasteiger charge is -2.37. The summed E-state index contributed by atoms with van der Waals surface area (Å²) in [6.07, 6.45) is 5.47. The first kappa shape index (κ1) is 17.0. The Hall–Kier alpha value is -1.88. The van der Waals surface area contributed by atoms with Crippen LogP contribution in [0.5, 0.6) is 0 Å². The molecule has 0 aromatic heterocycles. The molecule has 24 heavy (non-hydrogen) atoms. The Kier molecular flexibility index (Phi) is 4.90. The molecule has 1 aromatic rings. The van der Waals surface area contributed by atoms with Crippen LogP contribution in [0.1, 0.15) is 51.0 Å². The van der Waals surface area contributed by atoms with Gasteiger partial charge >= 0.3 is 0 Å². The Balaban J connectivity index is 1.62. The highest BCUT2D eigenvalue weighted by Gasteiger charge is 2.37. The molecule has 1 aromatic carbocycles. The second-order valence-electron chi connectivity index (χ2n) is 7.34. The van der Waals surface area contributed by atoms with Crippen LogP contribution in [-0.2, 0) is 16.1 Å². The van der Waals surface area contributed by atoms with E-state index in [1.54, 1.807) is 0 Å². The van der Waals surface area contributed by atoms with Gasteiger partial charge in [-0.2, -0.15) is 0 Å². The smallest absolute Gasteiger partial charge is 0.227 e. The number of hydrogen-bond acceptors (Lipinski definition) is 3. The fourth-order valence-corrected chi connectivity index (χ4v) is 3.86.